The fraction of sp³-hybridized carbons (Fsp3) is 0.143. The van der Waals surface area contributed by atoms with Crippen molar-refractivity contribution in [2.75, 3.05) is 0 Å². The van der Waals surface area contributed by atoms with Gasteiger partial charge in [-0.05, 0) is 47.9 Å². The molecule has 0 aliphatic rings. The van der Waals surface area contributed by atoms with Gasteiger partial charge in [-0.3, -0.25) is 0 Å². The van der Waals surface area contributed by atoms with Crippen LogP contribution in [0.15, 0.2) is 130 Å². The van der Waals surface area contributed by atoms with Crippen molar-refractivity contribution in [3.63, 3.8) is 0 Å². The third-order valence-electron chi connectivity index (χ3n) is 4.84. The van der Waals surface area contributed by atoms with Crippen LogP contribution in [0.5, 0.6) is 0 Å². The Morgan fingerprint density at radius 2 is 0.906 bits per heavy atom. The summed E-state index contributed by atoms with van der Waals surface area (Å²) in [7, 11) is -0.0361. The predicted molar refractivity (Wildman–Crippen MR) is 127 cm³/mol. The van der Waals surface area contributed by atoms with Crippen molar-refractivity contribution in [2.24, 2.45) is 0 Å². The van der Waals surface area contributed by atoms with Crippen LogP contribution in [0.25, 0.3) is 0 Å². The molecule has 0 fully saturated rings. The molecule has 4 heteroatoms. The third kappa shape index (κ3) is 6.51. The first-order chi connectivity index (χ1) is 15.4. The summed E-state index contributed by atoms with van der Waals surface area (Å²) in [5, 5.41) is 0. The lowest BCUT2D eigenvalue weighted by Crippen LogP contribution is -2.04. The number of alkyl halides is 3. The van der Waals surface area contributed by atoms with Gasteiger partial charge in [-0.2, -0.15) is 13.2 Å². The van der Waals surface area contributed by atoms with E-state index in [9.17, 15) is 13.2 Å². The second-order valence-electron chi connectivity index (χ2n) is 7.52. The van der Waals surface area contributed by atoms with Crippen LogP contribution in [0, 0.1) is 0 Å². The van der Waals surface area contributed by atoms with Crippen molar-refractivity contribution in [3.05, 3.63) is 126 Å². The molecule has 0 radical (unpaired) electrons. The van der Waals surface area contributed by atoms with Crippen LogP contribution < -0.4 is 0 Å². The van der Waals surface area contributed by atoms with Crippen molar-refractivity contribution in [2.45, 2.75) is 40.6 Å². The van der Waals surface area contributed by atoms with Crippen LogP contribution in [0.4, 0.5) is 13.2 Å². The second kappa shape index (κ2) is 11.1. The van der Waals surface area contributed by atoms with Crippen molar-refractivity contribution in [1.29, 1.82) is 0 Å². The minimum absolute atomic E-state index is 0.0361. The second-order valence-corrected chi connectivity index (χ2v) is 9.55. The Kier molecular flexibility index (Phi) is 8.18. The molecule has 0 atom stereocenters. The molecule has 0 aliphatic carbocycles. The molecule has 0 N–H and O–H groups in total. The van der Waals surface area contributed by atoms with Gasteiger partial charge in [-0.25, -0.2) is 0 Å². The predicted octanol–water partition coefficient (Wildman–Crippen LogP) is 8.61. The quantitative estimate of drug-likeness (QED) is 0.272. The average molecular weight is 452 g/mol. The third-order valence-corrected chi connectivity index (χ3v) is 7.07. The van der Waals surface area contributed by atoms with Gasteiger partial charge < -0.3 is 0 Å². The van der Waals surface area contributed by atoms with E-state index in [4.69, 9.17) is 0 Å². The molecular weight excluding hydrogens is 425 g/mol. The monoisotopic (exact) mass is 451 g/mol. The number of halogens is 3. The smallest absolute Gasteiger partial charge is 0.166 e. The minimum Gasteiger partial charge on any atom is -0.166 e. The van der Waals surface area contributed by atoms with Crippen LogP contribution in [-0.2, 0) is 17.1 Å². The van der Waals surface area contributed by atoms with E-state index in [0.29, 0.717) is 5.92 Å². The van der Waals surface area contributed by atoms with Crippen LogP contribution >= 0.6 is 0 Å². The van der Waals surface area contributed by atoms with Crippen molar-refractivity contribution in [3.8, 4) is 0 Å². The Morgan fingerprint density at radius 1 is 0.531 bits per heavy atom. The molecule has 0 heterocycles. The van der Waals surface area contributed by atoms with Gasteiger partial charge in [-0.15, -0.1) is 0 Å². The topological polar surface area (TPSA) is 0 Å². The number of hydrogen-bond donors (Lipinski definition) is 0. The maximum Gasteiger partial charge on any atom is 0.416 e. The number of hydrogen-bond acceptors (Lipinski definition) is 0. The van der Waals surface area contributed by atoms with E-state index in [1.807, 2.05) is 0 Å². The largest absolute Gasteiger partial charge is 0.416 e. The van der Waals surface area contributed by atoms with Crippen molar-refractivity contribution in [1.82, 2.24) is 0 Å². The maximum absolute atomic E-state index is 11.8. The molecular formula is C28H26F3S+. The highest BCUT2D eigenvalue weighted by atomic mass is 32.2. The van der Waals surface area contributed by atoms with Gasteiger partial charge in [-0.1, -0.05) is 92.7 Å². The first kappa shape index (κ1) is 23.7. The summed E-state index contributed by atoms with van der Waals surface area (Å²) < 4.78 is 35.4. The van der Waals surface area contributed by atoms with Crippen molar-refractivity contribution >= 4 is 10.9 Å². The Labute approximate surface area is 191 Å². The highest BCUT2D eigenvalue weighted by Gasteiger charge is 2.29. The fourth-order valence-electron chi connectivity index (χ4n) is 3.14. The highest BCUT2D eigenvalue weighted by molar-refractivity contribution is 7.97. The zero-order valence-electron chi connectivity index (χ0n) is 18.1. The number of rotatable bonds is 4. The molecule has 0 aromatic heterocycles. The van der Waals surface area contributed by atoms with E-state index in [-0.39, 0.29) is 10.9 Å². The zero-order valence-corrected chi connectivity index (χ0v) is 18.9. The maximum atomic E-state index is 11.8. The lowest BCUT2D eigenvalue weighted by Gasteiger charge is -2.09. The Morgan fingerprint density at radius 3 is 1.25 bits per heavy atom. The Bertz CT molecular complexity index is 1020. The van der Waals surface area contributed by atoms with Gasteiger partial charge in [0.1, 0.15) is 0 Å². The molecule has 0 nitrogen and oxygen atoms in total. The van der Waals surface area contributed by atoms with E-state index in [0.717, 1.165) is 12.1 Å². The Balaban J connectivity index is 0.000000243. The molecule has 0 amide bonds. The lowest BCUT2D eigenvalue weighted by atomic mass is 10.0. The normalized spacial score (nSPS) is 11.2. The summed E-state index contributed by atoms with van der Waals surface area (Å²) in [6.07, 6.45) is -4.21. The molecule has 0 saturated carbocycles. The first-order valence-corrected chi connectivity index (χ1v) is 11.7. The van der Waals surface area contributed by atoms with Crippen LogP contribution in [0.2, 0.25) is 0 Å². The van der Waals surface area contributed by atoms with E-state index in [1.165, 1.54) is 32.4 Å². The molecule has 0 bridgehead atoms. The molecule has 4 rings (SSSR count). The molecule has 0 unspecified atom stereocenters. The molecule has 0 spiro atoms. The summed E-state index contributed by atoms with van der Waals surface area (Å²) in [5.41, 5.74) is 0.795. The van der Waals surface area contributed by atoms with Gasteiger partial charge in [0.15, 0.2) is 14.7 Å². The summed E-state index contributed by atoms with van der Waals surface area (Å²) in [4.78, 5) is 4.11. The minimum atomic E-state index is -4.21. The zero-order chi connectivity index (χ0) is 23.0. The highest BCUT2D eigenvalue weighted by Crippen LogP contribution is 2.31. The van der Waals surface area contributed by atoms with Gasteiger partial charge in [0, 0.05) is 0 Å². The van der Waals surface area contributed by atoms with Gasteiger partial charge in [0.25, 0.3) is 0 Å². The molecule has 4 aromatic rings. The number of benzene rings is 4. The summed E-state index contributed by atoms with van der Waals surface area (Å²) in [5.74, 6) is 0.573. The standard InChI is InChI=1S/C21H21S.C7H5F3/c1-17(2)18-13-15-21(16-14-18)22(19-9-5-3-6-10-19)20-11-7-4-8-12-20;8-7(9,10)6-4-2-1-3-5-6/h3-17H,1-2H3;1-5H/q+1;. The van der Waals surface area contributed by atoms with Gasteiger partial charge in [0.05, 0.1) is 16.5 Å². The van der Waals surface area contributed by atoms with Crippen molar-refractivity contribution < 1.29 is 13.2 Å². The van der Waals surface area contributed by atoms with Gasteiger partial charge >= 0.3 is 6.18 Å². The van der Waals surface area contributed by atoms with E-state index >= 15 is 0 Å². The summed E-state index contributed by atoms with van der Waals surface area (Å²) in [6.45, 7) is 4.48. The molecule has 164 valence electrons. The Hall–Kier alpha value is -2.98. The first-order valence-electron chi connectivity index (χ1n) is 10.4. The van der Waals surface area contributed by atoms with E-state index in [1.54, 1.807) is 6.07 Å². The lowest BCUT2D eigenvalue weighted by molar-refractivity contribution is -0.137. The molecule has 32 heavy (non-hydrogen) atoms. The fourth-order valence-corrected chi connectivity index (χ4v) is 5.22. The van der Waals surface area contributed by atoms with Gasteiger partial charge in [0.2, 0.25) is 0 Å². The molecule has 0 saturated heterocycles. The SMILES string of the molecule is CC(C)c1ccc([S+](c2ccccc2)c2ccccc2)cc1.FC(F)(F)c1ccccc1. The van der Waals surface area contributed by atoms with E-state index in [2.05, 4.69) is 98.8 Å². The molecule has 0 aliphatic heterocycles. The van der Waals surface area contributed by atoms with Crippen LogP contribution in [0.3, 0.4) is 0 Å². The summed E-state index contributed by atoms with van der Waals surface area (Å²) >= 11 is 0. The van der Waals surface area contributed by atoms with Crippen LogP contribution in [-0.4, -0.2) is 0 Å². The average Bonchev–Trinajstić information content (AvgIpc) is 2.81. The summed E-state index contributed by atoms with van der Waals surface area (Å²) in [6, 6.07) is 37.1. The molecule has 4 aromatic carbocycles. The van der Waals surface area contributed by atoms with E-state index < -0.39 is 11.7 Å². The van der Waals surface area contributed by atoms with Crippen LogP contribution in [0.1, 0.15) is 30.9 Å².